The molecule has 8 nitrogen and oxygen atoms in total. The number of nitrogens with one attached hydrogen (secondary N) is 1. The molecule has 1 aliphatic rings. The molecule has 164 valence electrons. The fourth-order valence-corrected chi connectivity index (χ4v) is 3.67. The number of rotatable bonds is 9. The number of carbonyl (C=O) groups excluding carboxylic acids is 3. The summed E-state index contributed by atoms with van der Waals surface area (Å²) >= 11 is 0. The van der Waals surface area contributed by atoms with Crippen molar-refractivity contribution in [2.75, 3.05) is 13.2 Å². The molecule has 0 fully saturated rings. The lowest BCUT2D eigenvalue weighted by molar-refractivity contribution is 0.0642. The average molecular weight is 432 g/mol. The lowest BCUT2D eigenvalue weighted by atomic mass is 10.1. The third-order valence-corrected chi connectivity index (χ3v) is 5.22. The summed E-state index contributed by atoms with van der Waals surface area (Å²) in [5, 5.41) is 7.05. The van der Waals surface area contributed by atoms with Crippen molar-refractivity contribution in [3.8, 4) is 5.75 Å². The summed E-state index contributed by atoms with van der Waals surface area (Å²) in [6, 6.07) is 13.8. The van der Waals surface area contributed by atoms with Crippen LogP contribution in [-0.2, 0) is 13.1 Å². The standard InChI is InChI=1S/C24H24N4O4/c1-2-32-21-10-9-17(16-28-23(30)18-7-3-4-8-19(18)24(28)31)15-20(21)22(29)25-11-5-13-27-14-6-12-26-27/h3-4,6-10,12,14-15H,2,5,11,13,16H2,1H3,(H,25,29). The molecule has 0 unspecified atom stereocenters. The molecule has 0 bridgehead atoms. The third-order valence-electron chi connectivity index (χ3n) is 5.22. The van der Waals surface area contributed by atoms with E-state index in [4.69, 9.17) is 4.74 Å². The van der Waals surface area contributed by atoms with Crippen LogP contribution < -0.4 is 10.1 Å². The Kier molecular flexibility index (Phi) is 6.30. The Morgan fingerprint density at radius 3 is 2.47 bits per heavy atom. The lowest BCUT2D eigenvalue weighted by Crippen LogP contribution is -2.29. The lowest BCUT2D eigenvalue weighted by Gasteiger charge is -2.16. The normalized spacial score (nSPS) is 12.7. The minimum atomic E-state index is -0.330. The fraction of sp³-hybridized carbons (Fsp3) is 0.250. The van der Waals surface area contributed by atoms with Crippen molar-refractivity contribution in [1.82, 2.24) is 20.0 Å². The van der Waals surface area contributed by atoms with Gasteiger partial charge in [-0.15, -0.1) is 0 Å². The van der Waals surface area contributed by atoms with E-state index >= 15 is 0 Å². The maximum atomic E-state index is 12.8. The number of benzene rings is 2. The number of amides is 3. The molecule has 0 aliphatic carbocycles. The molecule has 0 spiro atoms. The minimum Gasteiger partial charge on any atom is -0.493 e. The van der Waals surface area contributed by atoms with Crippen molar-refractivity contribution in [2.24, 2.45) is 0 Å². The van der Waals surface area contributed by atoms with E-state index in [1.807, 2.05) is 19.2 Å². The predicted octanol–water partition coefficient (Wildman–Crippen LogP) is 2.90. The SMILES string of the molecule is CCOc1ccc(CN2C(=O)c3ccccc3C2=O)cc1C(=O)NCCCn1cccn1. The Balaban J connectivity index is 1.46. The second kappa shape index (κ2) is 9.47. The molecule has 3 amide bonds. The highest BCUT2D eigenvalue weighted by atomic mass is 16.5. The Hall–Kier alpha value is -3.94. The maximum Gasteiger partial charge on any atom is 0.261 e. The number of imide groups is 1. The second-order valence-electron chi connectivity index (χ2n) is 7.38. The van der Waals surface area contributed by atoms with E-state index in [0.29, 0.717) is 47.7 Å². The Morgan fingerprint density at radius 1 is 1.06 bits per heavy atom. The fourth-order valence-electron chi connectivity index (χ4n) is 3.67. The molecule has 2 aromatic carbocycles. The number of ether oxygens (including phenoxy) is 1. The molecule has 1 N–H and O–H groups in total. The van der Waals surface area contributed by atoms with Gasteiger partial charge in [0.2, 0.25) is 0 Å². The van der Waals surface area contributed by atoms with Gasteiger partial charge in [-0.2, -0.15) is 5.10 Å². The number of fused-ring (bicyclic) bond motifs is 1. The third kappa shape index (κ3) is 4.39. The van der Waals surface area contributed by atoms with Crippen molar-refractivity contribution in [1.29, 1.82) is 0 Å². The van der Waals surface area contributed by atoms with Crippen molar-refractivity contribution in [3.63, 3.8) is 0 Å². The largest absolute Gasteiger partial charge is 0.493 e. The second-order valence-corrected chi connectivity index (χ2v) is 7.38. The molecule has 3 aromatic rings. The van der Waals surface area contributed by atoms with Crippen LogP contribution in [0.5, 0.6) is 5.75 Å². The van der Waals surface area contributed by atoms with E-state index in [0.717, 1.165) is 6.42 Å². The first kappa shape index (κ1) is 21.3. The van der Waals surface area contributed by atoms with Gasteiger partial charge >= 0.3 is 0 Å². The smallest absolute Gasteiger partial charge is 0.261 e. The van der Waals surface area contributed by atoms with Crippen LogP contribution in [0.3, 0.4) is 0 Å². The molecule has 0 saturated carbocycles. The summed E-state index contributed by atoms with van der Waals surface area (Å²) in [5.74, 6) is -0.463. The molecule has 1 aromatic heterocycles. The summed E-state index contributed by atoms with van der Waals surface area (Å²) in [4.78, 5) is 39.4. The number of nitrogens with zero attached hydrogens (tertiary/aromatic N) is 3. The number of hydrogen-bond acceptors (Lipinski definition) is 5. The van der Waals surface area contributed by atoms with Crippen LogP contribution in [0, 0.1) is 0 Å². The van der Waals surface area contributed by atoms with Gasteiger partial charge in [-0.25, -0.2) is 0 Å². The van der Waals surface area contributed by atoms with Crippen molar-refractivity contribution >= 4 is 17.7 Å². The molecule has 0 atom stereocenters. The van der Waals surface area contributed by atoms with E-state index in [1.165, 1.54) is 4.90 Å². The molecule has 32 heavy (non-hydrogen) atoms. The van der Waals surface area contributed by atoms with E-state index in [1.54, 1.807) is 53.3 Å². The summed E-state index contributed by atoms with van der Waals surface area (Å²) in [6.07, 6.45) is 4.32. The molecule has 8 heteroatoms. The van der Waals surface area contributed by atoms with Gasteiger partial charge in [0.25, 0.3) is 17.7 Å². The Morgan fingerprint density at radius 2 is 1.81 bits per heavy atom. The van der Waals surface area contributed by atoms with Crippen LogP contribution in [0.15, 0.2) is 60.9 Å². The molecule has 0 saturated heterocycles. The molecule has 0 radical (unpaired) electrons. The first-order valence-electron chi connectivity index (χ1n) is 10.5. The average Bonchev–Trinajstić information content (AvgIpc) is 3.41. The van der Waals surface area contributed by atoms with E-state index in [2.05, 4.69) is 10.4 Å². The van der Waals surface area contributed by atoms with Crippen LogP contribution in [0.4, 0.5) is 0 Å². The van der Waals surface area contributed by atoms with Crippen LogP contribution in [0.25, 0.3) is 0 Å². The van der Waals surface area contributed by atoms with E-state index in [9.17, 15) is 14.4 Å². The zero-order valence-electron chi connectivity index (χ0n) is 17.8. The quantitative estimate of drug-likeness (QED) is 0.415. The summed E-state index contributed by atoms with van der Waals surface area (Å²) in [5.41, 5.74) is 1.85. The molecule has 4 rings (SSSR count). The highest BCUT2D eigenvalue weighted by Gasteiger charge is 2.35. The zero-order chi connectivity index (χ0) is 22.5. The van der Waals surface area contributed by atoms with Gasteiger partial charge in [-0.1, -0.05) is 18.2 Å². The maximum absolute atomic E-state index is 12.8. The van der Waals surface area contributed by atoms with E-state index < -0.39 is 0 Å². The predicted molar refractivity (Wildman–Crippen MR) is 117 cm³/mol. The molecular weight excluding hydrogens is 408 g/mol. The monoisotopic (exact) mass is 432 g/mol. The van der Waals surface area contributed by atoms with Gasteiger partial charge in [0, 0.05) is 25.5 Å². The van der Waals surface area contributed by atoms with Gasteiger partial charge in [-0.3, -0.25) is 24.0 Å². The zero-order valence-corrected chi connectivity index (χ0v) is 17.8. The highest BCUT2D eigenvalue weighted by Crippen LogP contribution is 2.26. The topological polar surface area (TPSA) is 93.5 Å². The summed E-state index contributed by atoms with van der Waals surface area (Å²) in [7, 11) is 0. The van der Waals surface area contributed by atoms with Gasteiger partial charge in [0.05, 0.1) is 29.8 Å². The van der Waals surface area contributed by atoms with Gasteiger partial charge in [-0.05, 0) is 49.2 Å². The van der Waals surface area contributed by atoms with Gasteiger partial charge < -0.3 is 10.1 Å². The Labute approximate surface area is 185 Å². The van der Waals surface area contributed by atoms with Crippen LogP contribution >= 0.6 is 0 Å². The summed E-state index contributed by atoms with van der Waals surface area (Å²) < 4.78 is 7.42. The number of aromatic nitrogens is 2. The van der Waals surface area contributed by atoms with Crippen LogP contribution in [-0.4, -0.2) is 45.6 Å². The number of carbonyl (C=O) groups is 3. The minimum absolute atomic E-state index is 0.0817. The van der Waals surface area contributed by atoms with Gasteiger partial charge in [0.1, 0.15) is 5.75 Å². The van der Waals surface area contributed by atoms with Crippen molar-refractivity contribution < 1.29 is 19.1 Å². The molecular formula is C24H24N4O4. The highest BCUT2D eigenvalue weighted by molar-refractivity contribution is 6.21. The first-order chi connectivity index (χ1) is 15.6. The summed E-state index contributed by atoms with van der Waals surface area (Å²) in [6.45, 7) is 3.52. The Bertz CT molecular complexity index is 1110. The first-order valence-corrected chi connectivity index (χ1v) is 10.5. The van der Waals surface area contributed by atoms with Gasteiger partial charge in [0.15, 0.2) is 0 Å². The van der Waals surface area contributed by atoms with E-state index in [-0.39, 0.29) is 24.3 Å². The number of aryl methyl sites for hydroxylation is 1. The van der Waals surface area contributed by atoms with Crippen molar-refractivity contribution in [2.45, 2.75) is 26.4 Å². The van der Waals surface area contributed by atoms with Crippen molar-refractivity contribution in [3.05, 3.63) is 83.2 Å². The van der Waals surface area contributed by atoms with Crippen LogP contribution in [0.2, 0.25) is 0 Å². The van der Waals surface area contributed by atoms with Crippen LogP contribution in [0.1, 0.15) is 50.0 Å². The molecule has 2 heterocycles. The molecule has 1 aliphatic heterocycles. The number of hydrogen-bond donors (Lipinski definition) is 1.